The van der Waals surface area contributed by atoms with Crippen LogP contribution in [0.25, 0.3) is 0 Å². The van der Waals surface area contributed by atoms with Crippen molar-refractivity contribution < 1.29 is 9.59 Å². The number of amides is 2. The van der Waals surface area contributed by atoms with E-state index in [0.717, 1.165) is 31.2 Å². The molecule has 2 aliphatic heterocycles. The average molecular weight is 547 g/mol. The third kappa shape index (κ3) is 4.12. The maximum absolute atomic E-state index is 13.2. The van der Waals surface area contributed by atoms with Gasteiger partial charge in [0.1, 0.15) is 11.9 Å². The largest absolute Gasteiger partial charge is 0.330 e. The molecule has 9 heteroatoms. The van der Waals surface area contributed by atoms with Gasteiger partial charge in [0, 0.05) is 24.8 Å². The second-order valence-corrected chi connectivity index (χ2v) is 10.7. The molecule has 0 aromatic heterocycles. The fraction of sp³-hybridized carbons (Fsp3) is 0.130. The first-order chi connectivity index (χ1) is 15.5. The van der Waals surface area contributed by atoms with Gasteiger partial charge in [0.2, 0.25) is 0 Å². The second kappa shape index (κ2) is 9.02. The van der Waals surface area contributed by atoms with Crippen LogP contribution in [-0.4, -0.2) is 29.1 Å². The maximum Gasteiger partial charge on any atom is 0.258 e. The molecular weight excluding hydrogens is 530 g/mol. The molecule has 3 aromatic carbocycles. The highest BCUT2D eigenvalue weighted by atomic mass is 79.9. The van der Waals surface area contributed by atoms with E-state index in [1.165, 1.54) is 16.8 Å². The Morgan fingerprint density at radius 1 is 1.06 bits per heavy atom. The van der Waals surface area contributed by atoms with Crippen LogP contribution < -0.4 is 10.3 Å². The molecular formula is C23H17BrClN3O2S2. The summed E-state index contributed by atoms with van der Waals surface area (Å²) >= 11 is 13.0. The number of anilines is 2. The Hall–Kier alpha value is -2.13. The molecule has 2 amide bonds. The van der Waals surface area contributed by atoms with Crippen molar-refractivity contribution in [2.45, 2.75) is 15.2 Å². The number of carbonyl (C=O) groups excluding carboxylic acids is 2. The smallest absolute Gasteiger partial charge is 0.258 e. The number of carbonyl (C=O) groups is 2. The topological polar surface area (TPSA) is 52.7 Å². The molecule has 0 bridgehead atoms. The third-order valence-electron chi connectivity index (χ3n) is 5.17. The Bertz CT molecular complexity index is 1230. The van der Waals surface area contributed by atoms with Gasteiger partial charge >= 0.3 is 0 Å². The molecule has 2 heterocycles. The van der Waals surface area contributed by atoms with E-state index in [4.69, 9.17) is 11.6 Å². The number of fused-ring (bicyclic) bond motifs is 2. The summed E-state index contributed by atoms with van der Waals surface area (Å²) in [4.78, 5) is 29.8. The first-order valence-electron chi connectivity index (χ1n) is 9.83. The van der Waals surface area contributed by atoms with Crippen LogP contribution in [0.1, 0.15) is 10.9 Å². The van der Waals surface area contributed by atoms with Gasteiger partial charge in [-0.15, -0.1) is 11.8 Å². The standard InChI is InChI=1S/C23H17BrClN3O2S2/c24-16-6-2-1-5-15(16)23-28(22(30)13-31-23)26-21(29)12-27-17-7-3-4-8-19(17)32-20-10-9-14(25)11-18(20)27/h1-11,23H,12-13H2,(H,26,29). The summed E-state index contributed by atoms with van der Waals surface area (Å²) in [5.74, 6) is -0.0823. The molecule has 1 N–H and O–H groups in total. The minimum atomic E-state index is -0.284. The molecule has 162 valence electrons. The van der Waals surface area contributed by atoms with E-state index in [0.29, 0.717) is 10.8 Å². The molecule has 5 rings (SSSR count). The van der Waals surface area contributed by atoms with Crippen molar-refractivity contribution in [1.29, 1.82) is 0 Å². The molecule has 3 aromatic rings. The summed E-state index contributed by atoms with van der Waals surface area (Å²) in [5, 5.41) is 1.76. The molecule has 5 nitrogen and oxygen atoms in total. The number of para-hydroxylation sites is 1. The minimum absolute atomic E-state index is 0.0576. The zero-order valence-electron chi connectivity index (χ0n) is 16.6. The number of hydrogen-bond donors (Lipinski definition) is 1. The lowest BCUT2D eigenvalue weighted by molar-refractivity contribution is -0.138. The van der Waals surface area contributed by atoms with E-state index in [2.05, 4.69) is 21.4 Å². The molecule has 32 heavy (non-hydrogen) atoms. The van der Waals surface area contributed by atoms with Gasteiger partial charge in [-0.2, -0.15) is 0 Å². The normalized spacial score (nSPS) is 17.2. The molecule has 0 spiro atoms. The lowest BCUT2D eigenvalue weighted by atomic mass is 10.2. The highest BCUT2D eigenvalue weighted by molar-refractivity contribution is 9.10. The van der Waals surface area contributed by atoms with Gasteiger partial charge in [-0.3, -0.25) is 15.0 Å². The Kier molecular flexibility index (Phi) is 6.11. The van der Waals surface area contributed by atoms with Crippen LogP contribution in [0, 0.1) is 0 Å². The molecule has 2 aliphatic rings. The summed E-state index contributed by atoms with van der Waals surface area (Å²) in [5.41, 5.74) is 5.61. The molecule has 1 unspecified atom stereocenters. The van der Waals surface area contributed by atoms with Crippen molar-refractivity contribution in [3.63, 3.8) is 0 Å². The molecule has 1 atom stereocenters. The fourth-order valence-electron chi connectivity index (χ4n) is 3.74. The SMILES string of the molecule is O=C(CN1c2ccccc2Sc2ccc(Cl)cc21)NN1C(=O)CSC1c1ccccc1Br. The van der Waals surface area contributed by atoms with E-state index < -0.39 is 0 Å². The first kappa shape index (κ1) is 21.7. The van der Waals surface area contributed by atoms with Crippen molar-refractivity contribution in [2.75, 3.05) is 17.2 Å². The van der Waals surface area contributed by atoms with Crippen LogP contribution >= 0.6 is 51.1 Å². The Morgan fingerprint density at radius 2 is 1.81 bits per heavy atom. The van der Waals surface area contributed by atoms with Crippen molar-refractivity contribution in [3.8, 4) is 0 Å². The van der Waals surface area contributed by atoms with Crippen molar-refractivity contribution in [3.05, 3.63) is 81.8 Å². The van der Waals surface area contributed by atoms with Gasteiger partial charge in [-0.1, -0.05) is 69.6 Å². The third-order valence-corrected chi connectivity index (χ3v) is 8.46. The highest BCUT2D eigenvalue weighted by Crippen LogP contribution is 2.48. The van der Waals surface area contributed by atoms with Gasteiger partial charge in [0.15, 0.2) is 0 Å². The zero-order valence-corrected chi connectivity index (χ0v) is 20.6. The number of hydrogen-bond acceptors (Lipinski definition) is 5. The fourth-order valence-corrected chi connectivity index (χ4v) is 6.78. The Balaban J connectivity index is 1.41. The summed E-state index contributed by atoms with van der Waals surface area (Å²) in [7, 11) is 0. The van der Waals surface area contributed by atoms with E-state index in [1.54, 1.807) is 11.8 Å². The predicted octanol–water partition coefficient (Wildman–Crippen LogP) is 6.01. The van der Waals surface area contributed by atoms with E-state index in [-0.39, 0.29) is 23.7 Å². The minimum Gasteiger partial charge on any atom is -0.330 e. The lowest BCUT2D eigenvalue weighted by Gasteiger charge is -2.33. The van der Waals surface area contributed by atoms with Crippen LogP contribution in [-0.2, 0) is 9.59 Å². The quantitative estimate of drug-likeness (QED) is 0.434. The maximum atomic E-state index is 13.2. The number of hydrazine groups is 1. The summed E-state index contributed by atoms with van der Waals surface area (Å²) in [6.07, 6.45) is 0. The molecule has 1 fully saturated rings. The molecule has 0 aliphatic carbocycles. The number of halogens is 2. The van der Waals surface area contributed by atoms with Gasteiger partial charge in [0.25, 0.3) is 11.8 Å². The second-order valence-electron chi connectivity index (χ2n) is 7.25. The van der Waals surface area contributed by atoms with Crippen LogP contribution in [0.15, 0.2) is 81.0 Å². The zero-order chi connectivity index (χ0) is 22.2. The average Bonchev–Trinajstić information content (AvgIpc) is 3.14. The van der Waals surface area contributed by atoms with E-state index in [1.807, 2.05) is 71.6 Å². The summed E-state index contributed by atoms with van der Waals surface area (Å²) in [6, 6.07) is 21.4. The lowest BCUT2D eigenvalue weighted by Crippen LogP contribution is -2.48. The predicted molar refractivity (Wildman–Crippen MR) is 133 cm³/mol. The van der Waals surface area contributed by atoms with Crippen molar-refractivity contribution >= 4 is 74.2 Å². The monoisotopic (exact) mass is 545 g/mol. The van der Waals surface area contributed by atoms with Gasteiger partial charge in [0.05, 0.1) is 17.1 Å². The summed E-state index contributed by atoms with van der Waals surface area (Å²) in [6.45, 7) is 0.0576. The van der Waals surface area contributed by atoms with Crippen LogP contribution in [0.3, 0.4) is 0 Å². The van der Waals surface area contributed by atoms with Crippen molar-refractivity contribution in [1.82, 2.24) is 10.4 Å². The molecule has 1 saturated heterocycles. The van der Waals surface area contributed by atoms with E-state index >= 15 is 0 Å². The van der Waals surface area contributed by atoms with Gasteiger partial charge in [-0.05, 0) is 36.4 Å². The number of nitrogens with one attached hydrogen (secondary N) is 1. The summed E-state index contributed by atoms with van der Waals surface area (Å²) < 4.78 is 0.900. The molecule has 0 radical (unpaired) electrons. The Morgan fingerprint density at radius 3 is 2.66 bits per heavy atom. The van der Waals surface area contributed by atoms with Gasteiger partial charge in [-0.25, -0.2) is 5.01 Å². The number of rotatable bonds is 4. The number of nitrogens with zero attached hydrogens (tertiary/aromatic N) is 2. The first-order valence-corrected chi connectivity index (χ1v) is 12.9. The van der Waals surface area contributed by atoms with Gasteiger partial charge < -0.3 is 4.90 Å². The Labute approximate surface area is 207 Å². The van der Waals surface area contributed by atoms with Crippen LogP contribution in [0.2, 0.25) is 5.02 Å². The van der Waals surface area contributed by atoms with Crippen molar-refractivity contribution in [2.24, 2.45) is 0 Å². The van der Waals surface area contributed by atoms with Crippen LogP contribution in [0.5, 0.6) is 0 Å². The highest BCUT2D eigenvalue weighted by Gasteiger charge is 2.36. The number of benzene rings is 3. The number of thioether (sulfide) groups is 1. The van der Waals surface area contributed by atoms with E-state index in [9.17, 15) is 9.59 Å². The molecule has 0 saturated carbocycles. The van der Waals surface area contributed by atoms with Crippen LogP contribution in [0.4, 0.5) is 11.4 Å².